The van der Waals surface area contributed by atoms with Crippen molar-refractivity contribution in [2.75, 3.05) is 7.11 Å². The van der Waals surface area contributed by atoms with Crippen LogP contribution in [0.2, 0.25) is 0 Å². The molecule has 0 saturated carbocycles. The largest absolute Gasteiger partial charge is 0.497 e. The number of carbonyl (C=O) groups is 2. The third-order valence-corrected chi connectivity index (χ3v) is 4.80. The van der Waals surface area contributed by atoms with Gasteiger partial charge in [0, 0.05) is 0 Å². The summed E-state index contributed by atoms with van der Waals surface area (Å²) in [6, 6.07) is 21.1. The fourth-order valence-corrected chi connectivity index (χ4v) is 3.09. The van der Waals surface area contributed by atoms with Crippen LogP contribution in [-0.4, -0.2) is 25.2 Å². The van der Waals surface area contributed by atoms with E-state index in [4.69, 9.17) is 14.2 Å². The van der Waals surface area contributed by atoms with E-state index >= 15 is 0 Å². The molecule has 0 aliphatic heterocycles. The molecule has 0 fully saturated rings. The Hall–Kier alpha value is -4.12. The number of hydrogen-bond donors (Lipinski definition) is 0. The zero-order valence-corrected chi connectivity index (χ0v) is 16.9. The van der Waals surface area contributed by atoms with E-state index in [2.05, 4.69) is 0 Å². The molecule has 1 aliphatic rings. The van der Waals surface area contributed by atoms with Crippen LogP contribution >= 0.6 is 0 Å². The predicted molar refractivity (Wildman–Crippen MR) is 117 cm³/mol. The molecule has 0 spiro atoms. The SMILES string of the molecule is COc1ccc(C(=O)Oc2ccc(-c3ccc(C(=O)OC4C=CC=C4)cc3)cc2)cc1. The minimum Gasteiger partial charge on any atom is -0.497 e. The van der Waals surface area contributed by atoms with Gasteiger partial charge in [-0.2, -0.15) is 0 Å². The van der Waals surface area contributed by atoms with Crippen molar-refractivity contribution in [1.82, 2.24) is 0 Å². The first-order valence-electron chi connectivity index (χ1n) is 9.75. The Kier molecular flexibility index (Phi) is 5.94. The molecular formula is C26H20O5. The molecule has 0 saturated heterocycles. The monoisotopic (exact) mass is 412 g/mol. The molecule has 0 amide bonds. The molecule has 0 atom stereocenters. The van der Waals surface area contributed by atoms with Crippen LogP contribution in [0.25, 0.3) is 11.1 Å². The van der Waals surface area contributed by atoms with Gasteiger partial charge in [0.1, 0.15) is 17.6 Å². The summed E-state index contributed by atoms with van der Waals surface area (Å²) in [4.78, 5) is 24.5. The van der Waals surface area contributed by atoms with E-state index in [-0.39, 0.29) is 12.1 Å². The van der Waals surface area contributed by atoms with Gasteiger partial charge >= 0.3 is 11.9 Å². The van der Waals surface area contributed by atoms with Crippen LogP contribution in [0.4, 0.5) is 0 Å². The minimum atomic E-state index is -0.440. The number of ether oxygens (including phenoxy) is 3. The average molecular weight is 412 g/mol. The standard InChI is InChI=1S/C26H20O5/c1-29-22-14-12-21(13-15-22)26(28)31-24-16-10-19(11-17-24)18-6-8-20(9-7-18)25(27)30-23-4-2-3-5-23/h2-17,23H,1H3. The zero-order valence-electron chi connectivity index (χ0n) is 16.9. The van der Waals surface area contributed by atoms with Crippen LogP contribution in [0.5, 0.6) is 11.5 Å². The second kappa shape index (κ2) is 9.13. The second-order valence-electron chi connectivity index (χ2n) is 6.86. The lowest BCUT2D eigenvalue weighted by atomic mass is 10.0. The number of rotatable bonds is 6. The third-order valence-electron chi connectivity index (χ3n) is 4.80. The summed E-state index contributed by atoms with van der Waals surface area (Å²) in [5, 5.41) is 0. The molecule has 154 valence electrons. The highest BCUT2D eigenvalue weighted by Crippen LogP contribution is 2.24. The summed E-state index contributed by atoms with van der Waals surface area (Å²) in [6.45, 7) is 0. The fourth-order valence-electron chi connectivity index (χ4n) is 3.09. The van der Waals surface area contributed by atoms with Crippen LogP contribution in [0.15, 0.2) is 97.1 Å². The number of methoxy groups -OCH3 is 1. The Balaban J connectivity index is 1.39. The Labute approximate surface area is 180 Å². The first kappa shape index (κ1) is 20.2. The normalized spacial score (nSPS) is 12.5. The fraction of sp³-hybridized carbons (Fsp3) is 0.0769. The van der Waals surface area contributed by atoms with Gasteiger partial charge in [-0.15, -0.1) is 0 Å². The molecule has 0 bridgehead atoms. The number of benzene rings is 3. The summed E-state index contributed by atoms with van der Waals surface area (Å²) in [5.74, 6) is 0.314. The molecule has 3 aromatic rings. The van der Waals surface area contributed by atoms with Gasteiger partial charge in [0.25, 0.3) is 0 Å². The number of esters is 2. The number of hydrogen-bond acceptors (Lipinski definition) is 5. The summed E-state index contributed by atoms with van der Waals surface area (Å²) in [5.41, 5.74) is 2.80. The van der Waals surface area contributed by atoms with E-state index in [1.54, 1.807) is 55.6 Å². The van der Waals surface area contributed by atoms with Crippen molar-refractivity contribution in [2.24, 2.45) is 0 Å². The van der Waals surface area contributed by atoms with E-state index in [9.17, 15) is 9.59 Å². The topological polar surface area (TPSA) is 61.8 Å². The molecule has 31 heavy (non-hydrogen) atoms. The van der Waals surface area contributed by atoms with Gasteiger partial charge in [-0.25, -0.2) is 9.59 Å². The molecule has 0 heterocycles. The Bertz CT molecular complexity index is 1110. The maximum absolute atomic E-state index is 12.3. The predicted octanol–water partition coefficient (Wildman–Crippen LogP) is 5.23. The maximum atomic E-state index is 12.3. The van der Waals surface area contributed by atoms with Crippen molar-refractivity contribution >= 4 is 11.9 Å². The molecule has 4 rings (SSSR count). The van der Waals surface area contributed by atoms with E-state index in [0.717, 1.165) is 11.1 Å². The van der Waals surface area contributed by atoms with E-state index in [1.807, 2.05) is 48.6 Å². The lowest BCUT2D eigenvalue weighted by molar-refractivity contribution is 0.0466. The zero-order chi connectivity index (χ0) is 21.6. The molecule has 1 aliphatic carbocycles. The molecule has 0 aromatic heterocycles. The van der Waals surface area contributed by atoms with E-state index < -0.39 is 5.97 Å². The molecule has 0 unspecified atom stereocenters. The smallest absolute Gasteiger partial charge is 0.343 e. The summed E-state index contributed by atoms with van der Waals surface area (Å²) in [7, 11) is 1.57. The van der Waals surface area contributed by atoms with Crippen molar-refractivity contribution in [1.29, 1.82) is 0 Å². The summed E-state index contributed by atoms with van der Waals surface area (Å²) >= 11 is 0. The molecule has 0 N–H and O–H groups in total. The van der Waals surface area contributed by atoms with Crippen LogP contribution in [-0.2, 0) is 4.74 Å². The lowest BCUT2D eigenvalue weighted by Gasteiger charge is -2.09. The van der Waals surface area contributed by atoms with Gasteiger partial charge in [0.05, 0.1) is 18.2 Å². The second-order valence-corrected chi connectivity index (χ2v) is 6.86. The highest BCUT2D eigenvalue weighted by molar-refractivity contribution is 5.91. The van der Waals surface area contributed by atoms with Gasteiger partial charge in [0.2, 0.25) is 0 Å². The van der Waals surface area contributed by atoms with Crippen molar-refractivity contribution in [2.45, 2.75) is 6.10 Å². The molecular weight excluding hydrogens is 392 g/mol. The van der Waals surface area contributed by atoms with Crippen LogP contribution in [0, 0.1) is 0 Å². The van der Waals surface area contributed by atoms with Gasteiger partial charge in [-0.05, 0) is 71.8 Å². The number of allylic oxidation sites excluding steroid dienone is 2. The van der Waals surface area contributed by atoms with Crippen molar-refractivity contribution < 1.29 is 23.8 Å². The maximum Gasteiger partial charge on any atom is 0.343 e. The van der Waals surface area contributed by atoms with Crippen LogP contribution in [0.1, 0.15) is 20.7 Å². The first-order valence-corrected chi connectivity index (χ1v) is 9.75. The number of carbonyl (C=O) groups excluding carboxylic acids is 2. The van der Waals surface area contributed by atoms with Crippen molar-refractivity contribution in [3.63, 3.8) is 0 Å². The third kappa shape index (κ3) is 4.90. The summed E-state index contributed by atoms with van der Waals surface area (Å²) < 4.78 is 15.9. The average Bonchev–Trinajstić information content (AvgIpc) is 3.33. The van der Waals surface area contributed by atoms with Crippen molar-refractivity contribution in [3.05, 3.63) is 108 Å². The Morgan fingerprint density at radius 3 is 1.71 bits per heavy atom. The van der Waals surface area contributed by atoms with Crippen LogP contribution < -0.4 is 9.47 Å². The van der Waals surface area contributed by atoms with Gasteiger partial charge in [-0.1, -0.05) is 36.4 Å². The van der Waals surface area contributed by atoms with Crippen LogP contribution in [0.3, 0.4) is 0 Å². The highest BCUT2D eigenvalue weighted by Gasteiger charge is 2.13. The summed E-state index contributed by atoms with van der Waals surface area (Å²) in [6.07, 6.45) is 7.02. The highest BCUT2D eigenvalue weighted by atomic mass is 16.5. The van der Waals surface area contributed by atoms with Gasteiger partial charge < -0.3 is 14.2 Å². The van der Waals surface area contributed by atoms with E-state index in [1.165, 1.54) is 0 Å². The first-order chi connectivity index (χ1) is 15.1. The molecule has 0 radical (unpaired) electrons. The Morgan fingerprint density at radius 2 is 1.13 bits per heavy atom. The molecule has 5 heteroatoms. The molecule has 5 nitrogen and oxygen atoms in total. The van der Waals surface area contributed by atoms with E-state index in [0.29, 0.717) is 22.6 Å². The minimum absolute atomic E-state index is 0.305. The van der Waals surface area contributed by atoms with Gasteiger partial charge in [-0.3, -0.25) is 0 Å². The quantitative estimate of drug-likeness (QED) is 0.410. The molecule has 3 aromatic carbocycles. The lowest BCUT2D eigenvalue weighted by Crippen LogP contribution is -2.12. The van der Waals surface area contributed by atoms with Crippen molar-refractivity contribution in [3.8, 4) is 22.6 Å². The Morgan fingerprint density at radius 1 is 0.645 bits per heavy atom. The van der Waals surface area contributed by atoms with Gasteiger partial charge in [0.15, 0.2) is 0 Å².